The molecule has 0 saturated heterocycles. The van der Waals surface area contributed by atoms with E-state index in [0.29, 0.717) is 6.29 Å². The summed E-state index contributed by atoms with van der Waals surface area (Å²) in [7, 11) is 0. The van der Waals surface area contributed by atoms with Crippen molar-refractivity contribution in [2.75, 3.05) is 12.1 Å². The van der Waals surface area contributed by atoms with Gasteiger partial charge in [0.1, 0.15) is 5.69 Å². The van der Waals surface area contributed by atoms with Crippen molar-refractivity contribution in [3.05, 3.63) is 17.4 Å². The molecule has 16 heavy (non-hydrogen) atoms. The Hall–Kier alpha value is -2.11. The van der Waals surface area contributed by atoms with Crippen LogP contribution in [0.25, 0.3) is 0 Å². The molecule has 1 N–H and O–H groups in total. The van der Waals surface area contributed by atoms with Gasteiger partial charge >= 0.3 is 0 Å². The van der Waals surface area contributed by atoms with E-state index in [1.165, 1.54) is 13.0 Å². The minimum atomic E-state index is -0.825. The number of halogens is 1. The number of carbonyl (C=O) groups is 2. The first-order chi connectivity index (χ1) is 7.63. The Balaban J connectivity index is 2.59. The number of hydrogen-bond donors (Lipinski definition) is 1. The van der Waals surface area contributed by atoms with E-state index in [4.69, 9.17) is 9.47 Å². The van der Waals surface area contributed by atoms with Gasteiger partial charge in [-0.15, -0.1) is 0 Å². The first-order valence-electron chi connectivity index (χ1n) is 4.48. The monoisotopic (exact) mass is 225 g/mol. The Labute approximate surface area is 90.2 Å². The summed E-state index contributed by atoms with van der Waals surface area (Å²) < 4.78 is 23.7. The molecule has 0 atom stereocenters. The molecular weight excluding hydrogens is 217 g/mol. The number of rotatable bonds is 2. The second-order valence-corrected chi connectivity index (χ2v) is 3.19. The highest BCUT2D eigenvalue weighted by Crippen LogP contribution is 2.42. The number of amides is 1. The molecule has 1 aliphatic heterocycles. The van der Waals surface area contributed by atoms with Crippen molar-refractivity contribution in [2.45, 2.75) is 6.92 Å². The number of anilines is 1. The van der Waals surface area contributed by atoms with Crippen molar-refractivity contribution in [1.82, 2.24) is 0 Å². The van der Waals surface area contributed by atoms with Crippen molar-refractivity contribution >= 4 is 17.9 Å². The molecule has 1 amide bonds. The maximum atomic E-state index is 13.7. The van der Waals surface area contributed by atoms with Crippen LogP contribution in [0.1, 0.15) is 17.3 Å². The Morgan fingerprint density at radius 3 is 2.94 bits per heavy atom. The molecular formula is C10H8FNO4. The van der Waals surface area contributed by atoms with E-state index in [1.54, 1.807) is 0 Å². The first-order valence-corrected chi connectivity index (χ1v) is 4.48. The van der Waals surface area contributed by atoms with Crippen LogP contribution >= 0.6 is 0 Å². The summed E-state index contributed by atoms with van der Waals surface area (Å²) in [6.45, 7) is 1.17. The van der Waals surface area contributed by atoms with Crippen molar-refractivity contribution in [1.29, 1.82) is 0 Å². The Bertz CT molecular complexity index is 472. The molecule has 0 radical (unpaired) electrons. The Kier molecular flexibility index (Phi) is 2.47. The summed E-state index contributed by atoms with van der Waals surface area (Å²) in [4.78, 5) is 21.5. The lowest BCUT2D eigenvalue weighted by molar-refractivity contribution is -0.114. The molecule has 1 aromatic rings. The van der Waals surface area contributed by atoms with Crippen molar-refractivity contribution in [3.8, 4) is 11.5 Å². The highest BCUT2D eigenvalue weighted by atomic mass is 19.1. The fourth-order valence-electron chi connectivity index (χ4n) is 1.41. The molecule has 6 heteroatoms. The molecule has 0 fully saturated rings. The van der Waals surface area contributed by atoms with Crippen LogP contribution in [-0.2, 0) is 4.79 Å². The van der Waals surface area contributed by atoms with Crippen molar-refractivity contribution in [3.63, 3.8) is 0 Å². The molecule has 0 bridgehead atoms. The van der Waals surface area contributed by atoms with Crippen LogP contribution in [-0.4, -0.2) is 19.0 Å². The zero-order valence-electron chi connectivity index (χ0n) is 8.37. The van der Waals surface area contributed by atoms with Gasteiger partial charge in [-0.3, -0.25) is 9.59 Å². The van der Waals surface area contributed by atoms with Crippen LogP contribution in [0, 0.1) is 5.82 Å². The van der Waals surface area contributed by atoms with E-state index >= 15 is 0 Å². The van der Waals surface area contributed by atoms with Crippen LogP contribution in [0.5, 0.6) is 11.5 Å². The summed E-state index contributed by atoms with van der Waals surface area (Å²) in [6.07, 6.45) is 0.350. The number of hydrogen-bond acceptors (Lipinski definition) is 4. The summed E-state index contributed by atoms with van der Waals surface area (Å²) in [5, 5.41) is 2.27. The predicted molar refractivity (Wildman–Crippen MR) is 52.2 cm³/mol. The number of benzene rings is 1. The van der Waals surface area contributed by atoms with Gasteiger partial charge in [-0.1, -0.05) is 0 Å². The maximum absolute atomic E-state index is 13.7. The normalized spacial score (nSPS) is 12.4. The standard InChI is InChI=1S/C10H8FNO4/c1-5(14)12-9-8(11)6(3-13)2-7-10(9)16-4-15-7/h2-3H,4H2,1H3,(H,12,14). The zero-order chi connectivity index (χ0) is 11.7. The first kappa shape index (κ1) is 10.4. The molecule has 2 rings (SSSR count). The summed E-state index contributed by atoms with van der Waals surface area (Å²) in [5.74, 6) is -0.931. The van der Waals surface area contributed by atoms with E-state index in [2.05, 4.69) is 5.32 Å². The fourth-order valence-corrected chi connectivity index (χ4v) is 1.41. The topological polar surface area (TPSA) is 64.6 Å². The fraction of sp³-hybridized carbons (Fsp3) is 0.200. The number of ether oxygens (including phenoxy) is 2. The molecule has 0 saturated carbocycles. The summed E-state index contributed by atoms with van der Waals surface area (Å²) in [5.41, 5.74) is -0.349. The quantitative estimate of drug-likeness (QED) is 0.771. The summed E-state index contributed by atoms with van der Waals surface area (Å²) >= 11 is 0. The third-order valence-electron chi connectivity index (χ3n) is 2.06. The second-order valence-electron chi connectivity index (χ2n) is 3.19. The zero-order valence-corrected chi connectivity index (χ0v) is 8.37. The molecule has 5 nitrogen and oxygen atoms in total. The number of carbonyl (C=O) groups excluding carboxylic acids is 2. The minimum Gasteiger partial charge on any atom is -0.453 e. The number of aldehydes is 1. The highest BCUT2D eigenvalue weighted by Gasteiger charge is 2.25. The van der Waals surface area contributed by atoms with Gasteiger partial charge in [0.05, 0.1) is 5.56 Å². The molecule has 1 heterocycles. The van der Waals surface area contributed by atoms with E-state index in [9.17, 15) is 14.0 Å². The van der Waals surface area contributed by atoms with Gasteiger partial charge in [0.15, 0.2) is 23.6 Å². The third kappa shape index (κ3) is 1.58. The van der Waals surface area contributed by atoms with Gasteiger partial charge in [-0.2, -0.15) is 0 Å². The van der Waals surface area contributed by atoms with Gasteiger partial charge in [0.2, 0.25) is 12.7 Å². The van der Waals surface area contributed by atoms with Gasteiger partial charge in [-0.05, 0) is 6.07 Å². The van der Waals surface area contributed by atoms with Crippen LogP contribution in [0.2, 0.25) is 0 Å². The smallest absolute Gasteiger partial charge is 0.231 e. The lowest BCUT2D eigenvalue weighted by Gasteiger charge is -2.08. The molecule has 84 valence electrons. The van der Waals surface area contributed by atoms with Crippen LogP contribution in [0.15, 0.2) is 6.07 Å². The van der Waals surface area contributed by atoms with Crippen LogP contribution in [0.4, 0.5) is 10.1 Å². The lowest BCUT2D eigenvalue weighted by Crippen LogP contribution is -2.09. The Morgan fingerprint density at radius 1 is 1.56 bits per heavy atom. The third-order valence-corrected chi connectivity index (χ3v) is 2.06. The largest absolute Gasteiger partial charge is 0.453 e. The van der Waals surface area contributed by atoms with Crippen LogP contribution in [0.3, 0.4) is 0 Å². The SMILES string of the molecule is CC(=O)Nc1c(F)c(C=O)cc2c1OCO2. The van der Waals surface area contributed by atoms with Gasteiger partial charge < -0.3 is 14.8 Å². The van der Waals surface area contributed by atoms with Gasteiger partial charge in [0, 0.05) is 6.92 Å². The number of fused-ring (bicyclic) bond motifs is 1. The van der Waals surface area contributed by atoms with Gasteiger partial charge in [-0.25, -0.2) is 4.39 Å². The average molecular weight is 225 g/mol. The van der Waals surface area contributed by atoms with E-state index in [0.717, 1.165) is 0 Å². The highest BCUT2D eigenvalue weighted by molar-refractivity contribution is 5.93. The molecule has 0 unspecified atom stereocenters. The van der Waals surface area contributed by atoms with Crippen molar-refractivity contribution in [2.24, 2.45) is 0 Å². The predicted octanol–water partition coefficient (Wildman–Crippen LogP) is 1.33. The Morgan fingerprint density at radius 2 is 2.31 bits per heavy atom. The molecule has 0 spiro atoms. The minimum absolute atomic E-state index is 0.0658. The molecule has 0 aliphatic carbocycles. The lowest BCUT2D eigenvalue weighted by atomic mass is 10.1. The number of nitrogens with one attached hydrogen (secondary N) is 1. The van der Waals surface area contributed by atoms with E-state index in [-0.39, 0.29) is 29.5 Å². The maximum Gasteiger partial charge on any atom is 0.231 e. The van der Waals surface area contributed by atoms with E-state index in [1.807, 2.05) is 0 Å². The molecule has 0 aromatic heterocycles. The molecule has 1 aromatic carbocycles. The van der Waals surface area contributed by atoms with E-state index < -0.39 is 11.7 Å². The van der Waals surface area contributed by atoms with Crippen molar-refractivity contribution < 1.29 is 23.5 Å². The van der Waals surface area contributed by atoms with Gasteiger partial charge in [0.25, 0.3) is 0 Å². The second kappa shape index (κ2) is 3.80. The average Bonchev–Trinajstić information content (AvgIpc) is 2.69. The molecule has 1 aliphatic rings. The van der Waals surface area contributed by atoms with Crippen LogP contribution < -0.4 is 14.8 Å². The summed E-state index contributed by atoms with van der Waals surface area (Å²) in [6, 6.07) is 1.23.